The molecule has 1 heterocycles. The number of rotatable bonds is 6. The highest BCUT2D eigenvalue weighted by atomic mass is 35.5. The maximum absolute atomic E-state index is 12.1. The molecule has 2 aromatic carbocycles. The van der Waals surface area contributed by atoms with Crippen LogP contribution in [0.1, 0.15) is 0 Å². The number of hydrogen-bond donors (Lipinski definition) is 1. The van der Waals surface area contributed by atoms with Gasteiger partial charge in [-0.25, -0.2) is 0 Å². The molecule has 1 amide bonds. The summed E-state index contributed by atoms with van der Waals surface area (Å²) in [7, 11) is 0. The minimum Gasteiger partial charge on any atom is -0.324 e. The topological polar surface area (TPSA) is 98.0 Å². The van der Waals surface area contributed by atoms with E-state index in [0.717, 1.165) is 0 Å². The lowest BCUT2D eigenvalue weighted by atomic mass is 10.1. The lowest BCUT2D eigenvalue weighted by Gasteiger charge is -2.08. The van der Waals surface area contributed by atoms with E-state index in [2.05, 4.69) is 15.5 Å². The summed E-state index contributed by atoms with van der Waals surface area (Å²) >= 11 is 13.2. The number of benzene rings is 2. The summed E-state index contributed by atoms with van der Waals surface area (Å²) in [5, 5.41) is 22.8. The van der Waals surface area contributed by atoms with Crippen LogP contribution in [0.5, 0.6) is 0 Å². The predicted octanol–water partition coefficient (Wildman–Crippen LogP) is 5.09. The van der Waals surface area contributed by atoms with Crippen LogP contribution in [-0.2, 0) is 4.79 Å². The first-order valence-corrected chi connectivity index (χ1v) is 9.63. The van der Waals surface area contributed by atoms with Crippen molar-refractivity contribution in [3.63, 3.8) is 0 Å². The maximum atomic E-state index is 12.1. The molecule has 7 nitrogen and oxygen atoms in total. The first-order chi connectivity index (χ1) is 13.4. The van der Waals surface area contributed by atoms with Crippen molar-refractivity contribution in [3.05, 3.63) is 74.8 Å². The molecule has 0 radical (unpaired) electrons. The van der Waals surface area contributed by atoms with Crippen molar-refractivity contribution < 1.29 is 9.72 Å². The molecule has 142 valence electrons. The van der Waals surface area contributed by atoms with Gasteiger partial charge >= 0.3 is 0 Å². The third-order valence-electron chi connectivity index (χ3n) is 3.59. The second-order valence-corrected chi connectivity index (χ2v) is 7.28. The number of non-ortho nitro benzene ring substituents is 1. The molecule has 0 fully saturated rings. The van der Waals surface area contributed by atoms with Crippen LogP contribution < -0.4 is 5.32 Å². The normalized spacial score (nSPS) is 10.5. The van der Waals surface area contributed by atoms with Crippen molar-refractivity contribution in [2.24, 2.45) is 0 Å². The van der Waals surface area contributed by atoms with E-state index < -0.39 is 4.92 Å². The Bertz CT molecular complexity index is 1010. The zero-order chi connectivity index (χ0) is 20.1. The summed E-state index contributed by atoms with van der Waals surface area (Å²) in [6, 6.07) is 14.5. The molecule has 0 spiro atoms. The van der Waals surface area contributed by atoms with Crippen molar-refractivity contribution >= 4 is 52.2 Å². The molecule has 1 N–H and O–H groups in total. The zero-order valence-corrected chi connectivity index (χ0v) is 16.5. The molecular weight excluding hydrogens is 423 g/mol. The number of nitro groups is 1. The van der Waals surface area contributed by atoms with Gasteiger partial charge in [0.25, 0.3) is 5.69 Å². The van der Waals surface area contributed by atoms with Crippen molar-refractivity contribution in [3.8, 4) is 11.3 Å². The number of nitro benzene ring substituents is 1. The standard InChI is InChI=1S/C18H12Cl2N4O3S/c19-13-2-1-3-15(18(13)20)21-16(25)10-28-17-9-8-14(22-23-17)11-4-6-12(7-5-11)24(26)27/h1-9H,10H2,(H,21,25). The minimum atomic E-state index is -0.461. The highest BCUT2D eigenvalue weighted by molar-refractivity contribution is 7.99. The molecule has 0 aliphatic heterocycles. The molecular formula is C18H12Cl2N4O3S. The van der Waals surface area contributed by atoms with Gasteiger partial charge in [-0.3, -0.25) is 14.9 Å². The summed E-state index contributed by atoms with van der Waals surface area (Å²) in [5.74, 6) is -0.135. The van der Waals surface area contributed by atoms with E-state index in [4.69, 9.17) is 23.2 Å². The average Bonchev–Trinajstić information content (AvgIpc) is 2.70. The highest BCUT2D eigenvalue weighted by Crippen LogP contribution is 2.30. The third-order valence-corrected chi connectivity index (χ3v) is 5.33. The van der Waals surface area contributed by atoms with Crippen LogP contribution in [0.3, 0.4) is 0 Å². The Balaban J connectivity index is 1.59. The van der Waals surface area contributed by atoms with Gasteiger partial charge in [-0.1, -0.05) is 41.0 Å². The van der Waals surface area contributed by atoms with Crippen molar-refractivity contribution in [2.45, 2.75) is 5.03 Å². The fourth-order valence-corrected chi connectivity index (χ4v) is 3.19. The van der Waals surface area contributed by atoms with E-state index in [1.165, 1.54) is 23.9 Å². The number of amides is 1. The summed E-state index contributed by atoms with van der Waals surface area (Å²) < 4.78 is 0. The minimum absolute atomic E-state index is 0.00899. The van der Waals surface area contributed by atoms with Crippen LogP contribution in [0.2, 0.25) is 10.0 Å². The SMILES string of the molecule is O=C(CSc1ccc(-c2ccc([N+](=O)[O-])cc2)nn1)Nc1cccc(Cl)c1Cl. The first-order valence-electron chi connectivity index (χ1n) is 7.89. The Morgan fingerprint density at radius 1 is 1.07 bits per heavy atom. The monoisotopic (exact) mass is 434 g/mol. The molecule has 0 saturated heterocycles. The second kappa shape index (κ2) is 9.01. The summed E-state index contributed by atoms with van der Waals surface area (Å²) in [4.78, 5) is 22.3. The lowest BCUT2D eigenvalue weighted by Crippen LogP contribution is -2.14. The van der Waals surface area contributed by atoms with Gasteiger partial charge in [0.1, 0.15) is 5.03 Å². The summed E-state index contributed by atoms with van der Waals surface area (Å²) in [6.45, 7) is 0. The van der Waals surface area contributed by atoms with Crippen LogP contribution in [0.25, 0.3) is 11.3 Å². The number of halogens is 2. The molecule has 0 unspecified atom stereocenters. The van der Waals surface area contributed by atoms with Gasteiger partial charge in [-0.05, 0) is 36.4 Å². The number of thioether (sulfide) groups is 1. The largest absolute Gasteiger partial charge is 0.324 e. The molecule has 0 aliphatic carbocycles. The van der Waals surface area contributed by atoms with Gasteiger partial charge in [0.05, 0.1) is 32.1 Å². The quantitative estimate of drug-likeness (QED) is 0.329. The van der Waals surface area contributed by atoms with E-state index in [1.807, 2.05) is 0 Å². The van der Waals surface area contributed by atoms with E-state index in [-0.39, 0.29) is 22.4 Å². The average molecular weight is 435 g/mol. The van der Waals surface area contributed by atoms with Crippen LogP contribution in [0, 0.1) is 10.1 Å². The Labute approximate surface area is 174 Å². The number of carbonyl (C=O) groups excluding carboxylic acids is 1. The van der Waals surface area contributed by atoms with Crippen molar-refractivity contribution in [1.82, 2.24) is 10.2 Å². The Kier molecular flexibility index (Phi) is 6.45. The Hall–Kier alpha value is -2.68. The van der Waals surface area contributed by atoms with Gasteiger partial charge in [-0.2, -0.15) is 0 Å². The maximum Gasteiger partial charge on any atom is 0.269 e. The van der Waals surface area contributed by atoms with Crippen molar-refractivity contribution in [2.75, 3.05) is 11.1 Å². The fourth-order valence-electron chi connectivity index (χ4n) is 2.23. The first kappa shape index (κ1) is 20.1. The van der Waals surface area contributed by atoms with Crippen molar-refractivity contribution in [1.29, 1.82) is 0 Å². The zero-order valence-electron chi connectivity index (χ0n) is 14.1. The predicted molar refractivity (Wildman–Crippen MR) is 110 cm³/mol. The Morgan fingerprint density at radius 3 is 2.46 bits per heavy atom. The lowest BCUT2D eigenvalue weighted by molar-refractivity contribution is -0.384. The number of hydrogen-bond acceptors (Lipinski definition) is 6. The third kappa shape index (κ3) is 4.98. The van der Waals surface area contributed by atoms with E-state index in [0.29, 0.717) is 27.0 Å². The van der Waals surface area contributed by atoms with Gasteiger partial charge in [0, 0.05) is 17.7 Å². The van der Waals surface area contributed by atoms with Gasteiger partial charge in [0.15, 0.2) is 0 Å². The molecule has 0 saturated carbocycles. The molecule has 3 rings (SSSR count). The summed E-state index contributed by atoms with van der Waals surface area (Å²) in [5.41, 5.74) is 1.74. The van der Waals surface area contributed by atoms with Gasteiger partial charge < -0.3 is 5.32 Å². The molecule has 0 aliphatic rings. The van der Waals surface area contributed by atoms with Crippen LogP contribution in [0.4, 0.5) is 11.4 Å². The summed E-state index contributed by atoms with van der Waals surface area (Å²) in [6.07, 6.45) is 0. The molecule has 28 heavy (non-hydrogen) atoms. The fraction of sp³-hybridized carbons (Fsp3) is 0.0556. The molecule has 3 aromatic rings. The number of carbonyl (C=O) groups is 1. The number of aromatic nitrogens is 2. The number of anilines is 1. The van der Waals surface area contributed by atoms with Gasteiger partial charge in [0.2, 0.25) is 5.91 Å². The Morgan fingerprint density at radius 2 is 1.82 bits per heavy atom. The van der Waals surface area contributed by atoms with E-state index in [9.17, 15) is 14.9 Å². The van der Waals surface area contributed by atoms with Crippen LogP contribution >= 0.6 is 35.0 Å². The molecule has 0 atom stereocenters. The van der Waals surface area contributed by atoms with Gasteiger partial charge in [-0.15, -0.1) is 10.2 Å². The van der Waals surface area contributed by atoms with E-state index in [1.54, 1.807) is 42.5 Å². The second-order valence-electron chi connectivity index (χ2n) is 5.50. The number of nitrogens with zero attached hydrogens (tertiary/aromatic N) is 3. The van der Waals surface area contributed by atoms with E-state index >= 15 is 0 Å². The smallest absolute Gasteiger partial charge is 0.269 e. The molecule has 0 bridgehead atoms. The molecule has 1 aromatic heterocycles. The highest BCUT2D eigenvalue weighted by Gasteiger charge is 2.10. The van der Waals surface area contributed by atoms with Crippen LogP contribution in [0.15, 0.2) is 59.6 Å². The van der Waals surface area contributed by atoms with Crippen LogP contribution in [-0.4, -0.2) is 26.8 Å². The molecule has 10 heteroatoms. The number of nitrogens with one attached hydrogen (secondary N) is 1.